The van der Waals surface area contributed by atoms with Gasteiger partial charge in [0.2, 0.25) is 0 Å². The number of amides is 2. The molecule has 2 aliphatic heterocycles. The summed E-state index contributed by atoms with van der Waals surface area (Å²) in [7, 11) is -3.05. The molecule has 8 heteroatoms. The van der Waals surface area contributed by atoms with Crippen molar-refractivity contribution in [2.24, 2.45) is 0 Å². The molecule has 2 rings (SSSR count). The number of hydrogen-bond donors (Lipinski definition) is 1. The summed E-state index contributed by atoms with van der Waals surface area (Å²) in [4.78, 5) is 27.6. The van der Waals surface area contributed by atoms with Crippen molar-refractivity contribution in [3.8, 4) is 0 Å². The number of rotatable bonds is 2. The largest absolute Gasteiger partial charge is 0.344 e. The number of nitrogens with one attached hydrogen (secondary N) is 1. The molecule has 2 aliphatic rings. The molecule has 2 fully saturated rings. The number of sulfone groups is 1. The summed E-state index contributed by atoms with van der Waals surface area (Å²) in [5.74, 6) is -1.21. The molecule has 0 bridgehead atoms. The number of carbonyl (C=O) groups excluding carboxylic acids is 2. The maximum absolute atomic E-state index is 12.0. The Bertz CT molecular complexity index is 483. The third-order valence-corrected chi connectivity index (χ3v) is 5.64. The minimum atomic E-state index is -3.05. The van der Waals surface area contributed by atoms with Crippen molar-refractivity contribution in [1.82, 2.24) is 15.1 Å². The molecule has 0 saturated carbocycles. The number of carbonyl (C=O) groups is 2. The van der Waals surface area contributed by atoms with Crippen molar-refractivity contribution in [2.45, 2.75) is 19.4 Å². The zero-order valence-corrected chi connectivity index (χ0v) is 12.5. The van der Waals surface area contributed by atoms with E-state index in [2.05, 4.69) is 17.1 Å². The fraction of sp³-hybridized carbons (Fsp3) is 0.833. The van der Waals surface area contributed by atoms with Gasteiger partial charge in [-0.3, -0.25) is 9.59 Å². The second-order valence-corrected chi connectivity index (χ2v) is 7.53. The van der Waals surface area contributed by atoms with Crippen molar-refractivity contribution in [3.63, 3.8) is 0 Å². The van der Waals surface area contributed by atoms with Gasteiger partial charge in [0, 0.05) is 32.2 Å². The van der Waals surface area contributed by atoms with Gasteiger partial charge in [0.25, 0.3) is 0 Å². The highest BCUT2D eigenvalue weighted by Crippen LogP contribution is 2.11. The smallest absolute Gasteiger partial charge is 0.311 e. The summed E-state index contributed by atoms with van der Waals surface area (Å²) >= 11 is 0. The van der Waals surface area contributed by atoms with E-state index in [1.54, 1.807) is 0 Å². The van der Waals surface area contributed by atoms with Crippen LogP contribution in [0.25, 0.3) is 0 Å². The van der Waals surface area contributed by atoms with Crippen LogP contribution >= 0.6 is 0 Å². The number of likely N-dealkylation sites (N-methyl/N-ethyl adjacent to an activating group) is 1. The molecular formula is C12H21N3O4S. The Morgan fingerprint density at radius 2 is 1.85 bits per heavy atom. The fourth-order valence-corrected chi connectivity index (χ4v) is 4.24. The van der Waals surface area contributed by atoms with Crippen LogP contribution in [0.1, 0.15) is 13.3 Å². The van der Waals surface area contributed by atoms with Gasteiger partial charge in [-0.25, -0.2) is 8.42 Å². The van der Waals surface area contributed by atoms with Gasteiger partial charge in [-0.05, 0) is 13.0 Å². The Balaban J connectivity index is 1.82. The molecule has 0 radical (unpaired) electrons. The van der Waals surface area contributed by atoms with Crippen LogP contribution in [0.2, 0.25) is 0 Å². The van der Waals surface area contributed by atoms with Crippen molar-refractivity contribution in [2.75, 3.05) is 44.2 Å². The summed E-state index contributed by atoms with van der Waals surface area (Å²) in [5.41, 5.74) is 0. The molecule has 1 N–H and O–H groups in total. The van der Waals surface area contributed by atoms with E-state index in [1.165, 1.54) is 4.90 Å². The maximum Gasteiger partial charge on any atom is 0.311 e. The highest BCUT2D eigenvalue weighted by molar-refractivity contribution is 7.91. The van der Waals surface area contributed by atoms with Crippen LogP contribution in [-0.2, 0) is 19.4 Å². The number of piperazine rings is 1. The van der Waals surface area contributed by atoms with Gasteiger partial charge in [0.05, 0.1) is 11.5 Å². The third kappa shape index (κ3) is 3.69. The van der Waals surface area contributed by atoms with Crippen molar-refractivity contribution >= 4 is 21.7 Å². The highest BCUT2D eigenvalue weighted by atomic mass is 32.2. The Morgan fingerprint density at radius 1 is 1.20 bits per heavy atom. The first-order chi connectivity index (χ1) is 9.41. The van der Waals surface area contributed by atoms with Gasteiger partial charge in [-0.15, -0.1) is 0 Å². The molecule has 7 nitrogen and oxygen atoms in total. The van der Waals surface area contributed by atoms with Gasteiger partial charge in [-0.1, -0.05) is 6.92 Å². The van der Waals surface area contributed by atoms with Gasteiger partial charge >= 0.3 is 11.8 Å². The molecular weight excluding hydrogens is 282 g/mol. The molecule has 0 aromatic carbocycles. The Hall–Kier alpha value is -1.15. The average Bonchev–Trinajstić information content (AvgIpc) is 2.77. The third-order valence-electron chi connectivity index (χ3n) is 3.87. The molecule has 2 amide bonds. The molecule has 0 spiro atoms. The van der Waals surface area contributed by atoms with E-state index in [9.17, 15) is 18.0 Å². The normalized spacial score (nSPS) is 26.4. The topological polar surface area (TPSA) is 86.8 Å². The Labute approximate surface area is 119 Å². The first-order valence-electron chi connectivity index (χ1n) is 6.94. The van der Waals surface area contributed by atoms with Gasteiger partial charge in [0.1, 0.15) is 0 Å². The average molecular weight is 303 g/mol. The van der Waals surface area contributed by atoms with Crippen LogP contribution in [0.5, 0.6) is 0 Å². The first-order valence-corrected chi connectivity index (χ1v) is 8.76. The molecule has 0 aliphatic carbocycles. The van der Waals surface area contributed by atoms with E-state index in [0.717, 1.165) is 19.6 Å². The predicted octanol–water partition coefficient (Wildman–Crippen LogP) is -1.55. The van der Waals surface area contributed by atoms with E-state index in [4.69, 9.17) is 0 Å². The lowest BCUT2D eigenvalue weighted by Gasteiger charge is -2.33. The Kier molecular flexibility index (Phi) is 4.64. The minimum absolute atomic E-state index is 0.0599. The van der Waals surface area contributed by atoms with Crippen LogP contribution in [0.15, 0.2) is 0 Å². The lowest BCUT2D eigenvalue weighted by molar-refractivity contribution is -0.147. The van der Waals surface area contributed by atoms with Crippen LogP contribution in [0.4, 0.5) is 0 Å². The molecule has 1 atom stereocenters. The van der Waals surface area contributed by atoms with Gasteiger partial charge in [-0.2, -0.15) is 0 Å². The molecule has 2 heterocycles. The van der Waals surface area contributed by atoms with E-state index >= 15 is 0 Å². The summed E-state index contributed by atoms with van der Waals surface area (Å²) < 4.78 is 22.6. The van der Waals surface area contributed by atoms with Crippen molar-refractivity contribution in [3.05, 3.63) is 0 Å². The number of hydrogen-bond acceptors (Lipinski definition) is 5. The lowest BCUT2D eigenvalue weighted by atomic mass is 10.2. The van der Waals surface area contributed by atoms with Crippen molar-refractivity contribution < 1.29 is 18.0 Å². The number of nitrogens with zero attached hydrogens (tertiary/aromatic N) is 2. The van der Waals surface area contributed by atoms with E-state index < -0.39 is 27.7 Å². The quantitative estimate of drug-likeness (QED) is 0.624. The molecule has 0 aromatic heterocycles. The first kappa shape index (κ1) is 15.2. The van der Waals surface area contributed by atoms with Crippen LogP contribution in [0.3, 0.4) is 0 Å². The molecule has 114 valence electrons. The fourth-order valence-electron chi connectivity index (χ4n) is 2.57. The second kappa shape index (κ2) is 6.09. The summed E-state index contributed by atoms with van der Waals surface area (Å²) in [6.45, 7) is 5.63. The van der Waals surface area contributed by atoms with Crippen LogP contribution in [-0.4, -0.2) is 80.3 Å². The molecule has 0 aromatic rings. The summed E-state index contributed by atoms with van der Waals surface area (Å²) in [6, 6.07) is -0.423. The maximum atomic E-state index is 12.0. The molecule has 2 saturated heterocycles. The zero-order chi connectivity index (χ0) is 14.8. The van der Waals surface area contributed by atoms with E-state index in [-0.39, 0.29) is 11.5 Å². The van der Waals surface area contributed by atoms with E-state index in [1.807, 2.05) is 0 Å². The van der Waals surface area contributed by atoms with Crippen molar-refractivity contribution in [1.29, 1.82) is 0 Å². The second-order valence-electron chi connectivity index (χ2n) is 5.30. The minimum Gasteiger partial charge on any atom is -0.344 e. The Morgan fingerprint density at radius 3 is 2.35 bits per heavy atom. The van der Waals surface area contributed by atoms with E-state index in [0.29, 0.717) is 19.5 Å². The lowest BCUT2D eigenvalue weighted by Crippen LogP contribution is -2.53. The SMILES string of the molecule is CCN1CCN(C(=O)C(=O)NC2CCS(=O)(=O)C2)CC1. The summed E-state index contributed by atoms with van der Waals surface area (Å²) in [5, 5.41) is 2.53. The van der Waals surface area contributed by atoms with Gasteiger partial charge < -0.3 is 15.1 Å². The van der Waals surface area contributed by atoms with Crippen LogP contribution in [0, 0.1) is 0 Å². The van der Waals surface area contributed by atoms with Gasteiger partial charge in [0.15, 0.2) is 9.84 Å². The predicted molar refractivity (Wildman–Crippen MR) is 73.9 cm³/mol. The zero-order valence-electron chi connectivity index (χ0n) is 11.7. The molecule has 1 unspecified atom stereocenters. The van der Waals surface area contributed by atoms with Crippen LogP contribution < -0.4 is 5.32 Å². The highest BCUT2D eigenvalue weighted by Gasteiger charge is 2.32. The monoisotopic (exact) mass is 303 g/mol. The standard InChI is InChI=1S/C12H21N3O4S/c1-2-14-4-6-15(7-5-14)12(17)11(16)13-10-3-8-20(18,19)9-10/h10H,2-9H2,1H3,(H,13,16). The molecule has 20 heavy (non-hydrogen) atoms. The summed E-state index contributed by atoms with van der Waals surface area (Å²) in [6.07, 6.45) is 0.394.